The van der Waals surface area contributed by atoms with Gasteiger partial charge in [-0.25, -0.2) is 9.37 Å². The number of hydrogen-bond donors (Lipinski definition) is 3. The SMILES string of the molecule is CCNC(=O)COc1ccc(C(=O)c2sc(N(c3ccc(F)cc3)C(C)C(N)=O)nc2N)cc1. The molecule has 9 nitrogen and oxygen atoms in total. The fourth-order valence-electron chi connectivity index (χ4n) is 3.05. The van der Waals surface area contributed by atoms with Gasteiger partial charge in [0, 0.05) is 17.8 Å². The van der Waals surface area contributed by atoms with Gasteiger partial charge in [-0.3, -0.25) is 14.4 Å². The number of ketones is 1. The Bertz CT molecular complexity index is 1180. The van der Waals surface area contributed by atoms with Crippen molar-refractivity contribution in [3.8, 4) is 5.75 Å². The number of benzene rings is 2. The molecule has 0 fully saturated rings. The first-order valence-electron chi connectivity index (χ1n) is 10.4. The van der Waals surface area contributed by atoms with Gasteiger partial charge in [-0.2, -0.15) is 0 Å². The molecule has 0 aliphatic heterocycles. The van der Waals surface area contributed by atoms with E-state index < -0.39 is 17.8 Å². The number of hydrogen-bond acceptors (Lipinski definition) is 8. The van der Waals surface area contributed by atoms with E-state index in [-0.39, 0.29) is 34.1 Å². The number of primary amides is 1. The van der Waals surface area contributed by atoms with E-state index in [4.69, 9.17) is 16.2 Å². The molecule has 0 aliphatic carbocycles. The zero-order chi connectivity index (χ0) is 24.8. The second kappa shape index (κ2) is 10.8. The standard InChI is InChI=1S/C23H24FN5O4S/c1-3-27-18(30)12-33-17-10-4-14(5-11-17)19(31)20-21(25)28-23(34-20)29(13(2)22(26)32)16-8-6-15(24)7-9-16/h4-11,13H,3,12,25H2,1-2H3,(H2,26,32)(H,27,30). The molecule has 11 heteroatoms. The molecule has 2 aromatic carbocycles. The average Bonchev–Trinajstić information content (AvgIpc) is 3.20. The highest BCUT2D eigenvalue weighted by Gasteiger charge is 2.27. The minimum atomic E-state index is -0.833. The molecule has 1 heterocycles. The third kappa shape index (κ3) is 5.67. The number of nitrogens with two attached hydrogens (primary N) is 2. The fourth-order valence-corrected chi connectivity index (χ4v) is 4.09. The number of nitrogen functional groups attached to an aromatic ring is 1. The number of halogens is 1. The third-order valence-corrected chi connectivity index (χ3v) is 5.89. The lowest BCUT2D eigenvalue weighted by molar-refractivity contribution is -0.123. The molecule has 0 aliphatic rings. The summed E-state index contributed by atoms with van der Waals surface area (Å²) in [6, 6.07) is 10.9. The highest BCUT2D eigenvalue weighted by Crippen LogP contribution is 2.36. The largest absolute Gasteiger partial charge is 0.484 e. The van der Waals surface area contributed by atoms with Gasteiger partial charge in [-0.15, -0.1) is 0 Å². The molecule has 2 amide bonds. The van der Waals surface area contributed by atoms with E-state index in [1.165, 1.54) is 29.2 Å². The Morgan fingerprint density at radius 2 is 1.79 bits per heavy atom. The summed E-state index contributed by atoms with van der Waals surface area (Å²) in [5.41, 5.74) is 12.3. The third-order valence-electron chi connectivity index (χ3n) is 4.82. The van der Waals surface area contributed by atoms with Crippen molar-refractivity contribution in [1.29, 1.82) is 0 Å². The molecule has 0 saturated heterocycles. The molecular weight excluding hydrogens is 461 g/mol. The molecule has 1 unspecified atom stereocenters. The number of thiazole rings is 1. The van der Waals surface area contributed by atoms with Crippen LogP contribution in [0.15, 0.2) is 48.5 Å². The molecule has 0 bridgehead atoms. The van der Waals surface area contributed by atoms with Gasteiger partial charge in [0.15, 0.2) is 11.7 Å². The van der Waals surface area contributed by atoms with Gasteiger partial charge in [0.1, 0.15) is 28.3 Å². The van der Waals surface area contributed by atoms with Crippen molar-refractivity contribution in [1.82, 2.24) is 10.3 Å². The van der Waals surface area contributed by atoms with E-state index in [0.29, 0.717) is 23.5 Å². The fraction of sp³-hybridized carbons (Fsp3) is 0.217. The lowest BCUT2D eigenvalue weighted by Crippen LogP contribution is -2.39. The zero-order valence-corrected chi connectivity index (χ0v) is 19.4. The minimum absolute atomic E-state index is 0.00894. The predicted octanol–water partition coefficient (Wildman–Crippen LogP) is 2.62. The first kappa shape index (κ1) is 24.6. The van der Waals surface area contributed by atoms with Gasteiger partial charge in [0.25, 0.3) is 5.91 Å². The molecule has 0 saturated carbocycles. The van der Waals surface area contributed by atoms with Crippen molar-refractivity contribution in [3.05, 3.63) is 64.8 Å². The van der Waals surface area contributed by atoms with E-state index in [1.807, 2.05) is 6.92 Å². The summed E-state index contributed by atoms with van der Waals surface area (Å²) in [6.45, 7) is 3.75. The Labute approximate surface area is 199 Å². The smallest absolute Gasteiger partial charge is 0.257 e. The van der Waals surface area contributed by atoms with Crippen molar-refractivity contribution in [2.45, 2.75) is 19.9 Å². The first-order valence-corrected chi connectivity index (χ1v) is 11.2. The van der Waals surface area contributed by atoms with Crippen molar-refractivity contribution in [3.63, 3.8) is 0 Å². The van der Waals surface area contributed by atoms with Crippen molar-refractivity contribution >= 4 is 45.6 Å². The van der Waals surface area contributed by atoms with Gasteiger partial charge in [0.05, 0.1) is 0 Å². The van der Waals surface area contributed by atoms with Crippen LogP contribution < -0.4 is 26.4 Å². The average molecular weight is 486 g/mol. The van der Waals surface area contributed by atoms with Gasteiger partial charge in [-0.1, -0.05) is 11.3 Å². The van der Waals surface area contributed by atoms with Crippen LogP contribution in [-0.4, -0.2) is 41.8 Å². The number of likely N-dealkylation sites (N-methyl/N-ethyl adjacent to an activating group) is 1. The number of rotatable bonds is 10. The van der Waals surface area contributed by atoms with Crippen LogP contribution >= 0.6 is 11.3 Å². The maximum Gasteiger partial charge on any atom is 0.257 e. The molecule has 178 valence electrons. The molecule has 34 heavy (non-hydrogen) atoms. The molecule has 1 aromatic heterocycles. The van der Waals surface area contributed by atoms with Crippen LogP contribution in [0.25, 0.3) is 0 Å². The molecule has 5 N–H and O–H groups in total. The quantitative estimate of drug-likeness (QED) is 0.375. The number of ether oxygens (including phenoxy) is 1. The van der Waals surface area contributed by atoms with Crippen LogP contribution in [0.5, 0.6) is 5.75 Å². The second-order valence-corrected chi connectivity index (χ2v) is 8.21. The number of amides is 2. The lowest BCUT2D eigenvalue weighted by Gasteiger charge is -2.26. The van der Waals surface area contributed by atoms with Crippen LogP contribution in [0.1, 0.15) is 29.1 Å². The van der Waals surface area contributed by atoms with Gasteiger partial charge in [-0.05, 0) is 62.4 Å². The van der Waals surface area contributed by atoms with Crippen LogP contribution in [0.3, 0.4) is 0 Å². The summed E-state index contributed by atoms with van der Waals surface area (Å²) in [4.78, 5) is 42.5. The predicted molar refractivity (Wildman–Crippen MR) is 128 cm³/mol. The number of anilines is 3. The highest BCUT2D eigenvalue weighted by molar-refractivity contribution is 7.18. The van der Waals surface area contributed by atoms with Crippen molar-refractivity contribution in [2.24, 2.45) is 5.73 Å². The van der Waals surface area contributed by atoms with E-state index in [1.54, 1.807) is 31.2 Å². The Hall–Kier alpha value is -3.99. The molecule has 0 radical (unpaired) electrons. The van der Waals surface area contributed by atoms with Gasteiger partial charge >= 0.3 is 0 Å². The second-order valence-electron chi connectivity index (χ2n) is 7.23. The number of carbonyl (C=O) groups is 3. The topological polar surface area (TPSA) is 141 Å². The van der Waals surface area contributed by atoms with Crippen molar-refractivity contribution in [2.75, 3.05) is 23.8 Å². The highest BCUT2D eigenvalue weighted by atomic mass is 32.1. The Balaban J connectivity index is 1.84. The summed E-state index contributed by atoms with van der Waals surface area (Å²) in [7, 11) is 0. The summed E-state index contributed by atoms with van der Waals surface area (Å²) in [6.07, 6.45) is 0. The Morgan fingerprint density at radius 1 is 1.15 bits per heavy atom. The summed E-state index contributed by atoms with van der Waals surface area (Å²) < 4.78 is 18.8. The lowest BCUT2D eigenvalue weighted by atomic mass is 10.1. The zero-order valence-electron chi connectivity index (χ0n) is 18.6. The number of nitrogens with one attached hydrogen (secondary N) is 1. The molecule has 1 atom stereocenters. The minimum Gasteiger partial charge on any atom is -0.484 e. The summed E-state index contributed by atoms with van der Waals surface area (Å²) in [5, 5.41) is 2.89. The molecule has 3 aromatic rings. The Kier molecular flexibility index (Phi) is 7.79. The molecule has 3 rings (SSSR count). The van der Waals surface area contributed by atoms with Crippen molar-refractivity contribution < 1.29 is 23.5 Å². The van der Waals surface area contributed by atoms with Crippen LogP contribution in [0.4, 0.5) is 21.0 Å². The van der Waals surface area contributed by atoms with Crippen LogP contribution in [0.2, 0.25) is 0 Å². The maximum atomic E-state index is 13.4. The van der Waals surface area contributed by atoms with E-state index in [2.05, 4.69) is 10.3 Å². The van der Waals surface area contributed by atoms with E-state index in [9.17, 15) is 18.8 Å². The first-order chi connectivity index (χ1) is 16.2. The Morgan fingerprint density at radius 3 is 2.38 bits per heavy atom. The van der Waals surface area contributed by atoms with Crippen LogP contribution in [0, 0.1) is 5.82 Å². The van der Waals surface area contributed by atoms with Gasteiger partial charge in [0.2, 0.25) is 11.7 Å². The summed E-state index contributed by atoms with van der Waals surface area (Å²) in [5.74, 6) is -1.27. The number of carbonyl (C=O) groups excluding carboxylic acids is 3. The van der Waals surface area contributed by atoms with Gasteiger partial charge < -0.3 is 26.4 Å². The summed E-state index contributed by atoms with van der Waals surface area (Å²) >= 11 is 0.994. The number of nitrogens with zero attached hydrogens (tertiary/aromatic N) is 2. The van der Waals surface area contributed by atoms with E-state index >= 15 is 0 Å². The number of aromatic nitrogens is 1. The van der Waals surface area contributed by atoms with Crippen LogP contribution in [-0.2, 0) is 9.59 Å². The monoisotopic (exact) mass is 485 g/mol. The normalized spacial score (nSPS) is 11.5. The molecule has 0 spiro atoms. The molecular formula is C23H24FN5O4S. The maximum absolute atomic E-state index is 13.4. The van der Waals surface area contributed by atoms with E-state index in [0.717, 1.165) is 11.3 Å².